The predicted octanol–water partition coefficient (Wildman–Crippen LogP) is 5.10. The summed E-state index contributed by atoms with van der Waals surface area (Å²) < 4.78 is 0. The second-order valence-electron chi connectivity index (χ2n) is 5.41. The quantitative estimate of drug-likeness (QED) is 0.780. The Morgan fingerprint density at radius 1 is 0.952 bits per heavy atom. The first-order valence-corrected chi connectivity index (χ1v) is 8.01. The van der Waals surface area contributed by atoms with Gasteiger partial charge in [-0.3, -0.25) is 0 Å². The Bertz CT molecular complexity index is 563. The van der Waals surface area contributed by atoms with Gasteiger partial charge >= 0.3 is 0 Å². The van der Waals surface area contributed by atoms with Crippen molar-refractivity contribution in [1.82, 2.24) is 5.32 Å². The average molecular weight is 322 g/mol. The molecule has 0 aliphatic heterocycles. The topological polar surface area (TPSA) is 12.0 Å². The highest BCUT2D eigenvalue weighted by Crippen LogP contribution is 2.36. The van der Waals surface area contributed by atoms with Crippen molar-refractivity contribution < 1.29 is 0 Å². The van der Waals surface area contributed by atoms with Crippen LogP contribution in [0.2, 0.25) is 10.0 Å². The molecule has 0 saturated carbocycles. The number of hydrogen-bond donors (Lipinski definition) is 1. The lowest BCUT2D eigenvalue weighted by molar-refractivity contribution is 0.391. The van der Waals surface area contributed by atoms with Crippen LogP contribution in [0.25, 0.3) is 0 Å². The van der Waals surface area contributed by atoms with Crippen molar-refractivity contribution in [1.29, 1.82) is 0 Å². The summed E-state index contributed by atoms with van der Waals surface area (Å²) in [5, 5.41) is 4.82. The number of rotatable bonds is 6. The summed E-state index contributed by atoms with van der Waals surface area (Å²) in [4.78, 5) is 0. The molecule has 2 aromatic rings. The number of halogens is 2. The van der Waals surface area contributed by atoms with Gasteiger partial charge in [-0.15, -0.1) is 0 Å². The van der Waals surface area contributed by atoms with Crippen LogP contribution in [0, 0.1) is 0 Å². The highest BCUT2D eigenvalue weighted by molar-refractivity contribution is 6.36. The van der Waals surface area contributed by atoms with Gasteiger partial charge in [0.2, 0.25) is 0 Å². The number of hydrogen-bond acceptors (Lipinski definition) is 1. The summed E-state index contributed by atoms with van der Waals surface area (Å²) in [6.07, 6.45) is 1.84. The zero-order chi connectivity index (χ0) is 15.3. The molecule has 0 radical (unpaired) electrons. The first-order valence-electron chi connectivity index (χ1n) is 7.26. The fourth-order valence-electron chi connectivity index (χ4n) is 2.89. The molecule has 1 nitrogen and oxygen atoms in total. The van der Waals surface area contributed by atoms with E-state index >= 15 is 0 Å². The Hall–Kier alpha value is -1.02. The van der Waals surface area contributed by atoms with Crippen LogP contribution in [0.4, 0.5) is 0 Å². The predicted molar refractivity (Wildman–Crippen MR) is 92.5 cm³/mol. The molecule has 0 amide bonds. The monoisotopic (exact) mass is 321 g/mol. The van der Waals surface area contributed by atoms with Gasteiger partial charge < -0.3 is 5.32 Å². The van der Waals surface area contributed by atoms with Gasteiger partial charge in [-0.1, -0.05) is 66.5 Å². The molecule has 2 aromatic carbocycles. The van der Waals surface area contributed by atoms with Crippen LogP contribution in [0.15, 0.2) is 48.5 Å². The van der Waals surface area contributed by atoms with E-state index in [4.69, 9.17) is 23.2 Å². The van der Waals surface area contributed by atoms with E-state index in [0.717, 1.165) is 35.0 Å². The lowest BCUT2D eigenvalue weighted by Crippen LogP contribution is -2.38. The Labute approximate surface area is 137 Å². The SMILES string of the molecule is CCC(CNC)(Cc1c(Cl)cccc1Cl)c1ccccc1. The number of nitrogens with one attached hydrogen (secondary N) is 1. The van der Waals surface area contributed by atoms with Crippen molar-refractivity contribution in [2.75, 3.05) is 13.6 Å². The molecule has 0 spiro atoms. The molecule has 21 heavy (non-hydrogen) atoms. The Morgan fingerprint density at radius 3 is 2.10 bits per heavy atom. The van der Waals surface area contributed by atoms with Crippen molar-refractivity contribution in [2.45, 2.75) is 25.2 Å². The minimum Gasteiger partial charge on any atom is -0.319 e. The molecule has 112 valence electrons. The smallest absolute Gasteiger partial charge is 0.0453 e. The van der Waals surface area contributed by atoms with E-state index in [2.05, 4.69) is 36.5 Å². The minimum absolute atomic E-state index is 0.00928. The van der Waals surface area contributed by atoms with Crippen LogP contribution in [0.5, 0.6) is 0 Å². The maximum Gasteiger partial charge on any atom is 0.0453 e. The highest BCUT2D eigenvalue weighted by atomic mass is 35.5. The van der Waals surface area contributed by atoms with Gasteiger partial charge in [-0.2, -0.15) is 0 Å². The van der Waals surface area contributed by atoms with Crippen LogP contribution in [0.3, 0.4) is 0 Å². The van der Waals surface area contributed by atoms with Crippen LogP contribution in [-0.4, -0.2) is 13.6 Å². The minimum atomic E-state index is -0.00928. The molecule has 0 bridgehead atoms. The van der Waals surface area contributed by atoms with Crippen molar-refractivity contribution in [3.8, 4) is 0 Å². The first kappa shape index (κ1) is 16.4. The molecule has 0 aliphatic rings. The lowest BCUT2D eigenvalue weighted by atomic mass is 9.73. The largest absolute Gasteiger partial charge is 0.319 e. The number of likely N-dealkylation sites (N-methyl/N-ethyl adjacent to an activating group) is 1. The zero-order valence-electron chi connectivity index (χ0n) is 12.5. The lowest BCUT2D eigenvalue weighted by Gasteiger charge is -2.34. The summed E-state index contributed by atoms with van der Waals surface area (Å²) in [7, 11) is 1.99. The van der Waals surface area contributed by atoms with E-state index in [9.17, 15) is 0 Å². The van der Waals surface area contributed by atoms with Gasteiger partial charge in [0.25, 0.3) is 0 Å². The Morgan fingerprint density at radius 2 is 1.57 bits per heavy atom. The molecule has 1 N–H and O–H groups in total. The van der Waals surface area contributed by atoms with Gasteiger partial charge in [-0.05, 0) is 43.1 Å². The zero-order valence-corrected chi connectivity index (χ0v) is 14.0. The molecular formula is C18H21Cl2N. The van der Waals surface area contributed by atoms with E-state index in [-0.39, 0.29) is 5.41 Å². The summed E-state index contributed by atoms with van der Waals surface area (Å²) in [6, 6.07) is 16.3. The van der Waals surface area contributed by atoms with Crippen LogP contribution in [-0.2, 0) is 11.8 Å². The maximum absolute atomic E-state index is 6.38. The van der Waals surface area contributed by atoms with Crippen molar-refractivity contribution in [3.05, 3.63) is 69.7 Å². The summed E-state index contributed by atoms with van der Waals surface area (Å²) >= 11 is 12.8. The molecule has 0 saturated heterocycles. The van der Waals surface area contributed by atoms with E-state index in [1.54, 1.807) is 0 Å². The van der Waals surface area contributed by atoms with Gasteiger partial charge in [0, 0.05) is 22.0 Å². The van der Waals surface area contributed by atoms with Gasteiger partial charge in [0.1, 0.15) is 0 Å². The van der Waals surface area contributed by atoms with Gasteiger partial charge in [0.15, 0.2) is 0 Å². The fourth-order valence-corrected chi connectivity index (χ4v) is 3.42. The normalized spacial score (nSPS) is 13.9. The third-order valence-electron chi connectivity index (χ3n) is 4.15. The fraction of sp³-hybridized carbons (Fsp3) is 0.333. The molecule has 2 rings (SSSR count). The molecule has 1 atom stereocenters. The van der Waals surface area contributed by atoms with E-state index in [1.807, 2.05) is 31.3 Å². The molecule has 0 fully saturated rings. The second kappa shape index (κ2) is 7.31. The standard InChI is InChI=1S/C18H21Cl2N/c1-3-18(13-21-2,14-8-5-4-6-9-14)12-15-16(19)10-7-11-17(15)20/h4-11,21H,3,12-13H2,1-2H3. The molecule has 0 heterocycles. The van der Waals surface area contributed by atoms with Crippen molar-refractivity contribution in [3.63, 3.8) is 0 Å². The van der Waals surface area contributed by atoms with Crippen molar-refractivity contribution in [2.24, 2.45) is 0 Å². The summed E-state index contributed by atoms with van der Waals surface area (Å²) in [6.45, 7) is 3.10. The maximum atomic E-state index is 6.38. The highest BCUT2D eigenvalue weighted by Gasteiger charge is 2.31. The molecular weight excluding hydrogens is 301 g/mol. The number of benzene rings is 2. The van der Waals surface area contributed by atoms with Gasteiger partial charge in [-0.25, -0.2) is 0 Å². The van der Waals surface area contributed by atoms with Crippen LogP contribution >= 0.6 is 23.2 Å². The average Bonchev–Trinajstić information content (AvgIpc) is 2.51. The summed E-state index contributed by atoms with van der Waals surface area (Å²) in [5.74, 6) is 0. The van der Waals surface area contributed by atoms with E-state index < -0.39 is 0 Å². The molecule has 0 aromatic heterocycles. The van der Waals surface area contributed by atoms with Crippen LogP contribution < -0.4 is 5.32 Å². The van der Waals surface area contributed by atoms with Gasteiger partial charge in [0.05, 0.1) is 0 Å². The Balaban J connectivity index is 2.46. The third-order valence-corrected chi connectivity index (χ3v) is 4.86. The van der Waals surface area contributed by atoms with E-state index in [0.29, 0.717) is 0 Å². The second-order valence-corrected chi connectivity index (χ2v) is 6.22. The molecule has 3 heteroatoms. The Kier molecular flexibility index (Phi) is 5.69. The third kappa shape index (κ3) is 3.60. The van der Waals surface area contributed by atoms with E-state index in [1.165, 1.54) is 5.56 Å². The summed E-state index contributed by atoms with van der Waals surface area (Å²) in [5.41, 5.74) is 2.34. The van der Waals surface area contributed by atoms with Crippen molar-refractivity contribution >= 4 is 23.2 Å². The molecule has 0 aliphatic carbocycles. The first-order chi connectivity index (χ1) is 10.1. The molecule has 1 unspecified atom stereocenters. The van der Waals surface area contributed by atoms with Crippen LogP contribution in [0.1, 0.15) is 24.5 Å².